The Morgan fingerprint density at radius 3 is 2.83 bits per heavy atom. The summed E-state index contributed by atoms with van der Waals surface area (Å²) in [6.45, 7) is 0. The molecule has 1 rings (SSSR count). The molecule has 62 valence electrons. The SMILES string of the molecule is C#CCCSc1ccccc1Cl. The Labute approximate surface area is 82.3 Å². The average Bonchev–Trinajstić information content (AvgIpc) is 2.09. The molecule has 0 heterocycles. The Hall–Kier alpha value is -0.580. The summed E-state index contributed by atoms with van der Waals surface area (Å²) >= 11 is 7.63. The van der Waals surface area contributed by atoms with Crippen molar-refractivity contribution in [1.29, 1.82) is 0 Å². The molecule has 0 amide bonds. The van der Waals surface area contributed by atoms with Gasteiger partial charge in [-0.05, 0) is 12.1 Å². The maximum atomic E-state index is 5.93. The lowest BCUT2D eigenvalue weighted by atomic mass is 10.4. The first-order chi connectivity index (χ1) is 5.84. The highest BCUT2D eigenvalue weighted by molar-refractivity contribution is 7.99. The maximum Gasteiger partial charge on any atom is 0.0541 e. The molecule has 0 atom stereocenters. The monoisotopic (exact) mass is 196 g/mol. The Morgan fingerprint density at radius 1 is 1.42 bits per heavy atom. The maximum absolute atomic E-state index is 5.93. The number of halogens is 1. The second-order valence-corrected chi connectivity index (χ2v) is 3.78. The van der Waals surface area contributed by atoms with Crippen molar-refractivity contribution < 1.29 is 0 Å². The number of terminal acetylenes is 1. The van der Waals surface area contributed by atoms with E-state index in [-0.39, 0.29) is 0 Å². The van der Waals surface area contributed by atoms with E-state index in [1.165, 1.54) is 0 Å². The molecule has 0 aromatic heterocycles. The van der Waals surface area contributed by atoms with Gasteiger partial charge < -0.3 is 0 Å². The third-order valence-corrected chi connectivity index (χ3v) is 2.86. The summed E-state index contributed by atoms with van der Waals surface area (Å²) in [5.41, 5.74) is 0. The van der Waals surface area contributed by atoms with Crippen LogP contribution in [0.15, 0.2) is 29.2 Å². The van der Waals surface area contributed by atoms with Gasteiger partial charge in [-0.15, -0.1) is 24.1 Å². The normalized spacial score (nSPS) is 9.33. The van der Waals surface area contributed by atoms with Crippen molar-refractivity contribution in [2.24, 2.45) is 0 Å². The van der Waals surface area contributed by atoms with Crippen LogP contribution in [0.5, 0.6) is 0 Å². The molecule has 0 bridgehead atoms. The number of rotatable bonds is 3. The zero-order chi connectivity index (χ0) is 8.81. The van der Waals surface area contributed by atoms with Crippen LogP contribution in [0, 0.1) is 12.3 Å². The molecule has 0 saturated carbocycles. The fraction of sp³-hybridized carbons (Fsp3) is 0.200. The molecule has 0 unspecified atom stereocenters. The number of thioether (sulfide) groups is 1. The van der Waals surface area contributed by atoms with Crippen LogP contribution in [0.4, 0.5) is 0 Å². The highest BCUT2D eigenvalue weighted by atomic mass is 35.5. The molecule has 0 radical (unpaired) electrons. The van der Waals surface area contributed by atoms with E-state index in [2.05, 4.69) is 5.92 Å². The van der Waals surface area contributed by atoms with E-state index in [4.69, 9.17) is 18.0 Å². The van der Waals surface area contributed by atoms with E-state index in [9.17, 15) is 0 Å². The second kappa shape index (κ2) is 5.13. The van der Waals surface area contributed by atoms with Crippen molar-refractivity contribution >= 4 is 23.4 Å². The van der Waals surface area contributed by atoms with Crippen LogP contribution in [0.1, 0.15) is 6.42 Å². The largest absolute Gasteiger partial charge is 0.124 e. The highest BCUT2D eigenvalue weighted by Crippen LogP contribution is 2.26. The van der Waals surface area contributed by atoms with E-state index in [1.807, 2.05) is 24.3 Å². The van der Waals surface area contributed by atoms with Gasteiger partial charge in [-0.1, -0.05) is 23.7 Å². The Kier molecular flexibility index (Phi) is 4.07. The number of hydrogen-bond donors (Lipinski definition) is 0. The molecular formula is C10H9ClS. The summed E-state index contributed by atoms with van der Waals surface area (Å²) in [7, 11) is 0. The summed E-state index contributed by atoms with van der Waals surface area (Å²) in [6, 6.07) is 7.79. The standard InChI is InChI=1S/C10H9ClS/c1-2-3-8-12-10-7-5-4-6-9(10)11/h1,4-7H,3,8H2. The quantitative estimate of drug-likeness (QED) is 0.406. The van der Waals surface area contributed by atoms with Gasteiger partial charge in [0.15, 0.2) is 0 Å². The van der Waals surface area contributed by atoms with Gasteiger partial charge in [0, 0.05) is 17.1 Å². The van der Waals surface area contributed by atoms with Crippen LogP contribution >= 0.6 is 23.4 Å². The van der Waals surface area contributed by atoms with E-state index < -0.39 is 0 Å². The average molecular weight is 197 g/mol. The van der Waals surface area contributed by atoms with Crippen molar-refractivity contribution in [2.75, 3.05) is 5.75 Å². The van der Waals surface area contributed by atoms with E-state index >= 15 is 0 Å². The van der Waals surface area contributed by atoms with Crippen LogP contribution in [0.3, 0.4) is 0 Å². The van der Waals surface area contributed by atoms with Crippen LogP contribution < -0.4 is 0 Å². The molecule has 0 aliphatic rings. The molecule has 0 nitrogen and oxygen atoms in total. The predicted octanol–water partition coefficient (Wildman–Crippen LogP) is 3.46. The fourth-order valence-corrected chi connectivity index (χ4v) is 1.90. The minimum Gasteiger partial charge on any atom is -0.124 e. The lowest BCUT2D eigenvalue weighted by Crippen LogP contribution is -1.77. The lowest BCUT2D eigenvalue weighted by Gasteiger charge is -2.00. The first-order valence-electron chi connectivity index (χ1n) is 3.65. The highest BCUT2D eigenvalue weighted by Gasteiger charge is 1.97. The van der Waals surface area contributed by atoms with E-state index in [1.54, 1.807) is 11.8 Å². The molecule has 0 spiro atoms. The van der Waals surface area contributed by atoms with E-state index in [0.717, 1.165) is 22.1 Å². The van der Waals surface area contributed by atoms with Gasteiger partial charge >= 0.3 is 0 Å². The van der Waals surface area contributed by atoms with Crippen LogP contribution in [-0.2, 0) is 0 Å². The Balaban J connectivity index is 2.53. The third kappa shape index (κ3) is 2.81. The molecular weight excluding hydrogens is 188 g/mol. The molecule has 0 N–H and O–H groups in total. The van der Waals surface area contributed by atoms with Crippen molar-refractivity contribution in [3.63, 3.8) is 0 Å². The van der Waals surface area contributed by atoms with Gasteiger partial charge in [0.25, 0.3) is 0 Å². The van der Waals surface area contributed by atoms with Crippen molar-refractivity contribution in [3.8, 4) is 12.3 Å². The summed E-state index contributed by atoms with van der Waals surface area (Å²) in [5.74, 6) is 3.52. The molecule has 0 fully saturated rings. The van der Waals surface area contributed by atoms with Gasteiger partial charge in [-0.3, -0.25) is 0 Å². The van der Waals surface area contributed by atoms with Gasteiger partial charge in [0.05, 0.1) is 5.02 Å². The first kappa shape index (κ1) is 9.51. The smallest absolute Gasteiger partial charge is 0.0541 e. The minimum absolute atomic E-state index is 0.788. The van der Waals surface area contributed by atoms with Gasteiger partial charge in [-0.2, -0.15) is 0 Å². The third-order valence-electron chi connectivity index (χ3n) is 1.34. The molecule has 0 aliphatic carbocycles. The number of benzene rings is 1. The molecule has 12 heavy (non-hydrogen) atoms. The molecule has 1 aromatic carbocycles. The van der Waals surface area contributed by atoms with Crippen LogP contribution in [-0.4, -0.2) is 5.75 Å². The molecule has 1 aromatic rings. The Morgan fingerprint density at radius 2 is 2.17 bits per heavy atom. The summed E-state index contributed by atoms with van der Waals surface area (Å²) in [6.07, 6.45) is 5.92. The minimum atomic E-state index is 0.788. The zero-order valence-electron chi connectivity index (χ0n) is 6.59. The lowest BCUT2D eigenvalue weighted by molar-refractivity contribution is 1.29. The molecule has 2 heteroatoms. The summed E-state index contributed by atoms with van der Waals surface area (Å²) < 4.78 is 0. The number of hydrogen-bond acceptors (Lipinski definition) is 1. The van der Waals surface area contributed by atoms with Crippen molar-refractivity contribution in [2.45, 2.75) is 11.3 Å². The fourth-order valence-electron chi connectivity index (χ4n) is 0.782. The predicted molar refractivity (Wildman–Crippen MR) is 55.6 cm³/mol. The van der Waals surface area contributed by atoms with Crippen molar-refractivity contribution in [1.82, 2.24) is 0 Å². The Bertz CT molecular complexity index is 288. The topological polar surface area (TPSA) is 0 Å². The zero-order valence-corrected chi connectivity index (χ0v) is 8.16. The summed E-state index contributed by atoms with van der Waals surface area (Å²) in [4.78, 5) is 1.11. The van der Waals surface area contributed by atoms with Crippen LogP contribution in [0.25, 0.3) is 0 Å². The summed E-state index contributed by atoms with van der Waals surface area (Å²) in [5, 5.41) is 0.805. The molecule has 0 saturated heterocycles. The second-order valence-electron chi connectivity index (χ2n) is 2.23. The molecule has 0 aliphatic heterocycles. The van der Waals surface area contributed by atoms with Gasteiger partial charge in [0.1, 0.15) is 0 Å². The van der Waals surface area contributed by atoms with E-state index in [0.29, 0.717) is 0 Å². The van der Waals surface area contributed by atoms with Gasteiger partial charge in [-0.25, -0.2) is 0 Å². The van der Waals surface area contributed by atoms with Gasteiger partial charge in [0.2, 0.25) is 0 Å². The van der Waals surface area contributed by atoms with Crippen molar-refractivity contribution in [3.05, 3.63) is 29.3 Å². The first-order valence-corrected chi connectivity index (χ1v) is 5.01. The van der Waals surface area contributed by atoms with Crippen LogP contribution in [0.2, 0.25) is 5.02 Å².